The topological polar surface area (TPSA) is 125 Å². The van der Waals surface area contributed by atoms with Crippen molar-refractivity contribution >= 4 is 18.0 Å². The summed E-state index contributed by atoms with van der Waals surface area (Å²) in [5, 5.41) is 22.9. The van der Waals surface area contributed by atoms with Crippen LogP contribution in [0.15, 0.2) is 48.5 Å². The van der Waals surface area contributed by atoms with Crippen molar-refractivity contribution in [3.63, 3.8) is 0 Å². The molecule has 8 heteroatoms. The highest BCUT2D eigenvalue weighted by molar-refractivity contribution is 5.83. The highest BCUT2D eigenvalue weighted by Crippen LogP contribution is 2.44. The van der Waals surface area contributed by atoms with Crippen LogP contribution in [0.3, 0.4) is 0 Å². The fraction of sp³-hybridized carbons (Fsp3) is 0.375. The molecule has 0 heterocycles. The van der Waals surface area contributed by atoms with Gasteiger partial charge in [0.2, 0.25) is 5.91 Å². The van der Waals surface area contributed by atoms with Crippen molar-refractivity contribution in [3.05, 3.63) is 59.7 Å². The van der Waals surface area contributed by atoms with E-state index in [-0.39, 0.29) is 32.0 Å². The van der Waals surface area contributed by atoms with Crippen LogP contribution in [0.1, 0.15) is 42.7 Å². The number of benzene rings is 2. The number of rotatable bonds is 11. The summed E-state index contributed by atoms with van der Waals surface area (Å²) >= 11 is 0. The summed E-state index contributed by atoms with van der Waals surface area (Å²) in [4.78, 5) is 34.9. The Labute approximate surface area is 186 Å². The number of unbranched alkanes of at least 4 members (excludes halogenated alkanes) is 1. The predicted molar refractivity (Wildman–Crippen MR) is 118 cm³/mol. The average Bonchev–Trinajstić information content (AvgIpc) is 3.11. The van der Waals surface area contributed by atoms with Gasteiger partial charge in [-0.25, -0.2) is 9.59 Å². The zero-order valence-electron chi connectivity index (χ0n) is 17.8. The maximum absolute atomic E-state index is 12.1. The van der Waals surface area contributed by atoms with Gasteiger partial charge in [0.05, 0.1) is 0 Å². The van der Waals surface area contributed by atoms with Gasteiger partial charge in [0, 0.05) is 31.9 Å². The first kappa shape index (κ1) is 23.3. The second-order valence-electron chi connectivity index (χ2n) is 7.68. The maximum atomic E-state index is 12.1. The molecule has 0 fully saturated rings. The summed E-state index contributed by atoms with van der Waals surface area (Å²) in [6.45, 7) is 0.272. The lowest BCUT2D eigenvalue weighted by molar-refractivity contribution is -0.142. The fourth-order valence-corrected chi connectivity index (χ4v) is 3.90. The van der Waals surface area contributed by atoms with Crippen molar-refractivity contribution in [2.24, 2.45) is 0 Å². The molecule has 4 N–H and O–H groups in total. The van der Waals surface area contributed by atoms with Crippen LogP contribution >= 0.6 is 0 Å². The Morgan fingerprint density at radius 1 is 0.969 bits per heavy atom. The third kappa shape index (κ3) is 5.85. The molecule has 0 unspecified atom stereocenters. The van der Waals surface area contributed by atoms with Crippen LogP contribution in [-0.2, 0) is 14.3 Å². The molecule has 0 bridgehead atoms. The van der Waals surface area contributed by atoms with Gasteiger partial charge in [0.15, 0.2) is 0 Å². The predicted octanol–water partition coefficient (Wildman–Crippen LogP) is 2.65. The molecule has 2 aromatic carbocycles. The Hall–Kier alpha value is -3.39. The van der Waals surface area contributed by atoms with Crippen LogP contribution in [0.25, 0.3) is 11.1 Å². The average molecular weight is 440 g/mol. The van der Waals surface area contributed by atoms with Gasteiger partial charge in [-0.3, -0.25) is 4.79 Å². The van der Waals surface area contributed by atoms with Crippen LogP contribution in [0, 0.1) is 0 Å². The van der Waals surface area contributed by atoms with E-state index in [1.54, 1.807) is 0 Å². The van der Waals surface area contributed by atoms with Gasteiger partial charge >= 0.3 is 12.1 Å². The van der Waals surface area contributed by atoms with Crippen molar-refractivity contribution in [1.29, 1.82) is 0 Å². The molecule has 0 saturated carbocycles. The molecule has 1 atom stereocenters. The molecule has 3 rings (SSSR count). The van der Waals surface area contributed by atoms with E-state index >= 15 is 0 Å². The van der Waals surface area contributed by atoms with Gasteiger partial charge in [-0.1, -0.05) is 48.5 Å². The number of nitrogens with one attached hydrogen (secondary N) is 2. The van der Waals surface area contributed by atoms with Crippen molar-refractivity contribution < 1.29 is 29.3 Å². The minimum Gasteiger partial charge on any atom is -0.480 e. The Bertz CT molecular complexity index is 916. The van der Waals surface area contributed by atoms with Crippen molar-refractivity contribution in [1.82, 2.24) is 10.6 Å². The number of carboxylic acids is 1. The highest BCUT2D eigenvalue weighted by atomic mass is 16.5. The normalized spacial score (nSPS) is 13.0. The van der Waals surface area contributed by atoms with Gasteiger partial charge in [0.1, 0.15) is 12.6 Å². The first-order chi connectivity index (χ1) is 15.5. The van der Waals surface area contributed by atoms with Gasteiger partial charge in [-0.2, -0.15) is 0 Å². The number of aliphatic hydroxyl groups excluding tert-OH is 1. The van der Waals surface area contributed by atoms with Gasteiger partial charge < -0.3 is 25.6 Å². The zero-order valence-corrected chi connectivity index (χ0v) is 17.8. The molecule has 0 aromatic heterocycles. The standard InChI is InChI=1S/C24H28N2O6/c27-14-12-21(23(29)30)26-22(28)11-5-6-13-25-24(31)32-15-20-18-9-3-1-7-16(18)17-8-2-4-10-19(17)20/h1-4,7-10,20-21,27H,5-6,11-15H2,(H,25,31)(H,26,28)(H,29,30)/t21-/m0/s1. The molecule has 0 saturated heterocycles. The third-order valence-corrected chi connectivity index (χ3v) is 5.49. The second-order valence-corrected chi connectivity index (χ2v) is 7.68. The minimum atomic E-state index is -1.18. The first-order valence-electron chi connectivity index (χ1n) is 10.7. The maximum Gasteiger partial charge on any atom is 0.407 e. The number of fused-ring (bicyclic) bond motifs is 3. The number of hydrogen-bond acceptors (Lipinski definition) is 5. The molecule has 170 valence electrons. The number of carboxylic acid groups (broad SMARTS) is 1. The molecule has 1 aliphatic carbocycles. The summed E-state index contributed by atoms with van der Waals surface area (Å²) in [5.74, 6) is -1.57. The number of alkyl carbamates (subject to hydrolysis) is 1. The molecule has 0 aliphatic heterocycles. The summed E-state index contributed by atoms with van der Waals surface area (Å²) in [7, 11) is 0. The summed E-state index contributed by atoms with van der Waals surface area (Å²) < 4.78 is 5.45. The minimum absolute atomic E-state index is 0.00190. The number of ether oxygens (including phenoxy) is 1. The van der Waals surface area contributed by atoms with E-state index in [2.05, 4.69) is 34.9 Å². The molecule has 1 aliphatic rings. The lowest BCUT2D eigenvalue weighted by Crippen LogP contribution is -2.41. The van der Waals surface area contributed by atoms with Crippen LogP contribution < -0.4 is 10.6 Å². The number of carbonyl (C=O) groups is 3. The van der Waals surface area contributed by atoms with Gasteiger partial charge in [-0.05, 0) is 35.1 Å². The largest absolute Gasteiger partial charge is 0.480 e. The fourth-order valence-electron chi connectivity index (χ4n) is 3.90. The lowest BCUT2D eigenvalue weighted by Gasteiger charge is -2.15. The van der Waals surface area contributed by atoms with Crippen LogP contribution in [0.5, 0.6) is 0 Å². The van der Waals surface area contributed by atoms with E-state index in [9.17, 15) is 14.4 Å². The molecule has 0 spiro atoms. The molecular weight excluding hydrogens is 412 g/mol. The zero-order chi connectivity index (χ0) is 22.9. The van der Waals surface area contributed by atoms with E-state index in [4.69, 9.17) is 14.9 Å². The number of aliphatic carboxylic acids is 1. The molecule has 8 nitrogen and oxygen atoms in total. The third-order valence-electron chi connectivity index (χ3n) is 5.49. The molecule has 0 radical (unpaired) electrons. The monoisotopic (exact) mass is 440 g/mol. The Morgan fingerprint density at radius 2 is 1.59 bits per heavy atom. The van der Waals surface area contributed by atoms with E-state index in [0.717, 1.165) is 11.1 Å². The van der Waals surface area contributed by atoms with Gasteiger partial charge in [0.25, 0.3) is 0 Å². The Morgan fingerprint density at radius 3 is 2.19 bits per heavy atom. The lowest BCUT2D eigenvalue weighted by atomic mass is 9.98. The van der Waals surface area contributed by atoms with Crippen molar-refractivity contribution in [3.8, 4) is 11.1 Å². The molecular formula is C24H28N2O6. The summed E-state index contributed by atoms with van der Waals surface area (Å²) in [6, 6.07) is 15.1. The molecule has 32 heavy (non-hydrogen) atoms. The Balaban J connectivity index is 1.38. The number of carbonyl (C=O) groups excluding carboxylic acids is 2. The smallest absolute Gasteiger partial charge is 0.407 e. The van der Waals surface area contributed by atoms with Gasteiger partial charge in [-0.15, -0.1) is 0 Å². The van der Waals surface area contributed by atoms with E-state index < -0.39 is 24.0 Å². The molecule has 2 amide bonds. The van der Waals surface area contributed by atoms with Crippen molar-refractivity contribution in [2.45, 2.75) is 37.6 Å². The summed E-state index contributed by atoms with van der Waals surface area (Å²) in [5.41, 5.74) is 4.63. The number of aliphatic hydroxyl groups is 1. The number of amides is 2. The molecule has 2 aromatic rings. The first-order valence-corrected chi connectivity index (χ1v) is 10.7. The van der Waals surface area contributed by atoms with E-state index in [0.29, 0.717) is 19.4 Å². The Kier molecular flexibility index (Phi) is 8.21. The highest BCUT2D eigenvalue weighted by Gasteiger charge is 2.28. The number of hydrogen-bond donors (Lipinski definition) is 4. The summed E-state index contributed by atoms with van der Waals surface area (Å²) in [6.07, 6.45) is 0.632. The SMILES string of the molecule is O=C(CCCCNC(=O)OCC1c2ccccc2-c2ccccc21)N[C@@H](CCO)C(=O)O. The van der Waals surface area contributed by atoms with Crippen LogP contribution in [0.2, 0.25) is 0 Å². The second kappa shape index (κ2) is 11.3. The van der Waals surface area contributed by atoms with Crippen LogP contribution in [0.4, 0.5) is 4.79 Å². The van der Waals surface area contributed by atoms with E-state index in [1.165, 1.54) is 11.1 Å². The quantitative estimate of drug-likeness (QED) is 0.398. The van der Waals surface area contributed by atoms with Crippen LogP contribution in [-0.4, -0.2) is 54.0 Å². The van der Waals surface area contributed by atoms with Crippen molar-refractivity contribution in [2.75, 3.05) is 19.8 Å². The van der Waals surface area contributed by atoms with E-state index in [1.807, 2.05) is 24.3 Å².